The first-order valence-corrected chi connectivity index (χ1v) is 9.33. The van der Waals surface area contributed by atoms with Gasteiger partial charge in [-0.3, -0.25) is 4.79 Å². The van der Waals surface area contributed by atoms with Crippen LogP contribution in [0.1, 0.15) is 22.8 Å². The number of carbonyl (C=O) groups excluding carboxylic acids is 1. The van der Waals surface area contributed by atoms with Gasteiger partial charge in [0.25, 0.3) is 0 Å². The lowest BCUT2D eigenvalue weighted by Gasteiger charge is -2.08. The molecule has 5 nitrogen and oxygen atoms in total. The molecule has 1 heterocycles. The van der Waals surface area contributed by atoms with Crippen molar-refractivity contribution in [1.29, 1.82) is 0 Å². The fourth-order valence-electron chi connectivity index (χ4n) is 2.93. The molecular weight excluding hydrogens is 387 g/mol. The lowest BCUT2D eigenvalue weighted by Crippen LogP contribution is -2.09. The molecule has 4 rings (SSSR count). The summed E-state index contributed by atoms with van der Waals surface area (Å²) in [5, 5.41) is 0.281. The van der Waals surface area contributed by atoms with Crippen LogP contribution in [0.3, 0.4) is 0 Å². The van der Waals surface area contributed by atoms with Gasteiger partial charge < -0.3 is 13.9 Å². The number of aryl methyl sites for hydroxylation is 1. The van der Waals surface area contributed by atoms with E-state index in [0.29, 0.717) is 5.75 Å². The second kappa shape index (κ2) is 8.21. The molecule has 0 aliphatic rings. The highest BCUT2D eigenvalue weighted by Gasteiger charge is 2.13. The number of hydrogen-bond donors (Lipinski definition) is 0. The Labute approximate surface area is 171 Å². The second-order valence-electron chi connectivity index (χ2n) is 6.59. The number of benzene rings is 3. The van der Waals surface area contributed by atoms with Gasteiger partial charge >= 0.3 is 5.97 Å². The van der Waals surface area contributed by atoms with Crippen molar-refractivity contribution in [2.75, 3.05) is 0 Å². The SMILES string of the molecule is CCc1ccc(Oc2coc3cc(OC(=O)c4cccc(F)c4)ccc3c2=O)cc1. The minimum atomic E-state index is -0.716. The Bertz CT molecular complexity index is 1280. The Balaban J connectivity index is 1.57. The lowest BCUT2D eigenvalue weighted by molar-refractivity contribution is 0.0734. The van der Waals surface area contributed by atoms with Gasteiger partial charge in [0.15, 0.2) is 0 Å². The average Bonchev–Trinajstić information content (AvgIpc) is 2.76. The normalized spacial score (nSPS) is 10.7. The second-order valence-corrected chi connectivity index (χ2v) is 6.59. The third-order valence-electron chi connectivity index (χ3n) is 4.54. The first-order valence-electron chi connectivity index (χ1n) is 9.33. The molecule has 0 aliphatic carbocycles. The van der Waals surface area contributed by atoms with Crippen LogP contribution in [0.2, 0.25) is 0 Å². The van der Waals surface area contributed by atoms with Gasteiger partial charge in [-0.2, -0.15) is 0 Å². The Morgan fingerprint density at radius 2 is 1.77 bits per heavy atom. The smallest absolute Gasteiger partial charge is 0.343 e. The number of halogens is 1. The van der Waals surface area contributed by atoms with E-state index in [1.165, 1.54) is 42.7 Å². The molecule has 1 aromatic heterocycles. The first-order chi connectivity index (χ1) is 14.5. The average molecular weight is 404 g/mol. The lowest BCUT2D eigenvalue weighted by atomic mass is 10.2. The van der Waals surface area contributed by atoms with Gasteiger partial charge in [-0.25, -0.2) is 9.18 Å². The quantitative estimate of drug-likeness (QED) is 0.324. The maximum Gasteiger partial charge on any atom is 0.343 e. The van der Waals surface area contributed by atoms with Crippen LogP contribution in [0, 0.1) is 5.82 Å². The molecule has 0 amide bonds. The van der Waals surface area contributed by atoms with Gasteiger partial charge in [-0.1, -0.05) is 25.1 Å². The van der Waals surface area contributed by atoms with Crippen LogP contribution < -0.4 is 14.9 Å². The van der Waals surface area contributed by atoms with Crippen LogP contribution in [0.25, 0.3) is 11.0 Å². The molecule has 0 saturated heterocycles. The maximum absolute atomic E-state index is 13.3. The van der Waals surface area contributed by atoms with E-state index in [1.54, 1.807) is 12.1 Å². The van der Waals surface area contributed by atoms with Crippen molar-refractivity contribution in [2.45, 2.75) is 13.3 Å². The first kappa shape index (κ1) is 19.4. The summed E-state index contributed by atoms with van der Waals surface area (Å²) < 4.78 is 29.7. The van der Waals surface area contributed by atoms with E-state index in [4.69, 9.17) is 13.9 Å². The number of carbonyl (C=O) groups is 1. The highest BCUT2D eigenvalue weighted by Crippen LogP contribution is 2.25. The van der Waals surface area contributed by atoms with Gasteiger partial charge in [0.2, 0.25) is 11.2 Å². The van der Waals surface area contributed by atoms with Gasteiger partial charge in [0, 0.05) is 6.07 Å². The number of hydrogen-bond acceptors (Lipinski definition) is 5. The van der Waals surface area contributed by atoms with E-state index in [-0.39, 0.29) is 33.5 Å². The van der Waals surface area contributed by atoms with E-state index in [0.717, 1.165) is 18.1 Å². The zero-order chi connectivity index (χ0) is 21.1. The van der Waals surface area contributed by atoms with Crippen LogP contribution in [0.15, 0.2) is 82.2 Å². The summed E-state index contributed by atoms with van der Waals surface area (Å²) >= 11 is 0. The topological polar surface area (TPSA) is 65.7 Å². The zero-order valence-electron chi connectivity index (χ0n) is 16.1. The van der Waals surface area contributed by atoms with Gasteiger partial charge in [0.1, 0.15) is 29.2 Å². The molecule has 3 aromatic carbocycles. The number of rotatable bonds is 5. The summed E-state index contributed by atoms with van der Waals surface area (Å²) in [7, 11) is 0. The third kappa shape index (κ3) is 4.07. The predicted molar refractivity (Wildman–Crippen MR) is 110 cm³/mol. The monoisotopic (exact) mass is 404 g/mol. The van der Waals surface area contributed by atoms with Crippen LogP contribution in [-0.2, 0) is 6.42 Å². The summed E-state index contributed by atoms with van der Waals surface area (Å²) in [4.78, 5) is 24.9. The molecule has 0 spiro atoms. The summed E-state index contributed by atoms with van der Waals surface area (Å²) in [5.74, 6) is -0.503. The summed E-state index contributed by atoms with van der Waals surface area (Å²) in [5.41, 5.74) is 1.12. The van der Waals surface area contributed by atoms with E-state index in [2.05, 4.69) is 6.92 Å². The zero-order valence-corrected chi connectivity index (χ0v) is 16.1. The molecule has 0 unspecified atom stereocenters. The van der Waals surface area contributed by atoms with Crippen molar-refractivity contribution in [3.05, 3.63) is 100 Å². The largest absolute Gasteiger partial charge is 0.460 e. The van der Waals surface area contributed by atoms with Gasteiger partial charge in [-0.05, 0) is 54.4 Å². The van der Waals surface area contributed by atoms with Crippen LogP contribution in [0.4, 0.5) is 4.39 Å². The number of esters is 1. The van der Waals surface area contributed by atoms with Crippen molar-refractivity contribution in [3.63, 3.8) is 0 Å². The minimum Gasteiger partial charge on any atom is -0.460 e. The Morgan fingerprint density at radius 3 is 2.50 bits per heavy atom. The van der Waals surface area contributed by atoms with Gasteiger partial charge in [0.05, 0.1) is 10.9 Å². The fourth-order valence-corrected chi connectivity index (χ4v) is 2.93. The van der Waals surface area contributed by atoms with Crippen molar-refractivity contribution in [1.82, 2.24) is 0 Å². The van der Waals surface area contributed by atoms with E-state index < -0.39 is 11.8 Å². The molecule has 6 heteroatoms. The van der Waals surface area contributed by atoms with E-state index in [1.807, 2.05) is 12.1 Å². The molecule has 0 atom stereocenters. The van der Waals surface area contributed by atoms with Crippen molar-refractivity contribution in [3.8, 4) is 17.2 Å². The minimum absolute atomic E-state index is 0.0521. The van der Waals surface area contributed by atoms with Crippen molar-refractivity contribution in [2.24, 2.45) is 0 Å². The highest BCUT2D eigenvalue weighted by molar-refractivity contribution is 5.91. The molecule has 150 valence electrons. The van der Waals surface area contributed by atoms with Crippen LogP contribution in [-0.4, -0.2) is 5.97 Å². The Morgan fingerprint density at radius 1 is 1.00 bits per heavy atom. The Hall–Kier alpha value is -3.93. The molecule has 0 saturated carbocycles. The van der Waals surface area contributed by atoms with Gasteiger partial charge in [-0.15, -0.1) is 0 Å². The summed E-state index contributed by atoms with van der Waals surface area (Å²) in [6.45, 7) is 2.05. The molecule has 0 bridgehead atoms. The number of fused-ring (bicyclic) bond motifs is 1. The summed E-state index contributed by atoms with van der Waals surface area (Å²) in [6.07, 6.45) is 2.13. The summed E-state index contributed by atoms with van der Waals surface area (Å²) in [6, 6.07) is 17.0. The van der Waals surface area contributed by atoms with Crippen molar-refractivity contribution < 1.29 is 23.1 Å². The van der Waals surface area contributed by atoms with E-state index in [9.17, 15) is 14.0 Å². The fraction of sp³-hybridized carbons (Fsp3) is 0.0833. The molecule has 0 fully saturated rings. The number of ether oxygens (including phenoxy) is 2. The molecule has 0 N–H and O–H groups in total. The highest BCUT2D eigenvalue weighted by atomic mass is 19.1. The Kier molecular flexibility index (Phi) is 5.30. The molecular formula is C24H17FO5. The van der Waals surface area contributed by atoms with Crippen molar-refractivity contribution >= 4 is 16.9 Å². The predicted octanol–water partition coefficient (Wildman–Crippen LogP) is 5.51. The van der Waals surface area contributed by atoms with Crippen LogP contribution in [0.5, 0.6) is 17.2 Å². The molecule has 0 aliphatic heterocycles. The molecule has 0 radical (unpaired) electrons. The molecule has 4 aromatic rings. The standard InChI is InChI=1S/C24H17FO5/c1-2-15-6-8-18(9-7-15)29-22-14-28-21-13-19(10-11-20(21)23(22)26)30-24(27)16-4-3-5-17(25)12-16/h3-14H,2H2,1H3. The third-order valence-corrected chi connectivity index (χ3v) is 4.54. The van der Waals surface area contributed by atoms with Crippen LogP contribution >= 0.6 is 0 Å². The maximum atomic E-state index is 13.3. The molecule has 30 heavy (non-hydrogen) atoms. The van der Waals surface area contributed by atoms with E-state index >= 15 is 0 Å².